The van der Waals surface area contributed by atoms with Gasteiger partial charge >= 0.3 is 155 Å². The summed E-state index contributed by atoms with van der Waals surface area (Å²) in [6.07, 6.45) is 15.2. The van der Waals surface area contributed by atoms with E-state index >= 15 is 0 Å². The molecule has 2 aromatic carbocycles. The maximum absolute atomic E-state index is 2.53. The van der Waals surface area contributed by atoms with Gasteiger partial charge in [0.25, 0.3) is 0 Å². The monoisotopic (exact) mass is 547 g/mol. The average Bonchev–Trinajstić information content (AvgIpc) is 2.86. The number of hydrogen-bond donors (Lipinski definition) is 0. The van der Waals surface area contributed by atoms with E-state index in [0.717, 1.165) is 25.9 Å². The van der Waals surface area contributed by atoms with Crippen LogP contribution in [-0.4, -0.2) is 21.5 Å². The standard InChI is InChI=1S/C29H29N3Se.3CH4/c1-30-20-14-24(15-21-30)12-13-25-16-22-31(23-17-25)18-6-7-19-32-26-8-2-4-10-28(26)33-29-11-5-3-9-27(29)32;;;/h2-5,8-17,20-23H,6-7,18-19H2,1H3;3*1H4/q+2;;;/b13-12+;;;. The minimum absolute atomic E-state index is 0. The van der Waals surface area contributed by atoms with Crippen LogP contribution in [0, 0.1) is 0 Å². The molecule has 5 rings (SSSR count). The van der Waals surface area contributed by atoms with E-state index in [4.69, 9.17) is 0 Å². The smallest absolute Gasteiger partial charge is 0.00931 e. The molecular weight excluding hydrogens is 505 g/mol. The first kappa shape index (κ1) is 29.0. The molecule has 4 aromatic rings. The number of anilines is 2. The Bertz CT molecular complexity index is 1200. The van der Waals surface area contributed by atoms with Crippen LogP contribution in [-0.2, 0) is 13.6 Å². The van der Waals surface area contributed by atoms with Crippen molar-refractivity contribution >= 4 is 47.4 Å². The molecule has 1 aliphatic heterocycles. The van der Waals surface area contributed by atoms with E-state index in [1.807, 2.05) is 11.6 Å². The zero-order valence-corrected chi connectivity index (χ0v) is 20.7. The van der Waals surface area contributed by atoms with Crippen LogP contribution < -0.4 is 23.0 Å². The minimum Gasteiger partial charge on any atom is 0.00931 e. The summed E-state index contributed by atoms with van der Waals surface area (Å²) in [4.78, 5) is 2.53. The van der Waals surface area contributed by atoms with E-state index in [-0.39, 0.29) is 22.3 Å². The average molecular weight is 547 g/mol. The number of nitrogens with zero attached hydrogens (tertiary/aromatic N) is 3. The number of benzene rings is 2. The van der Waals surface area contributed by atoms with E-state index in [2.05, 4.69) is 119 Å². The quantitative estimate of drug-likeness (QED) is 0.170. The van der Waals surface area contributed by atoms with Crippen LogP contribution >= 0.6 is 0 Å². The molecule has 3 nitrogen and oxygen atoms in total. The summed E-state index contributed by atoms with van der Waals surface area (Å²) >= 11 is 0.397. The van der Waals surface area contributed by atoms with E-state index in [9.17, 15) is 0 Å². The summed E-state index contributed by atoms with van der Waals surface area (Å²) in [5.74, 6) is 0. The van der Waals surface area contributed by atoms with Crippen LogP contribution in [0.5, 0.6) is 0 Å². The second-order valence-corrected chi connectivity index (χ2v) is 10.7. The minimum atomic E-state index is 0. The van der Waals surface area contributed by atoms with Crippen LogP contribution in [0.4, 0.5) is 11.4 Å². The number of hydrogen-bond acceptors (Lipinski definition) is 1. The van der Waals surface area contributed by atoms with E-state index < -0.39 is 0 Å². The largest absolute Gasteiger partial charge is 0.169 e. The molecule has 2 aromatic heterocycles. The van der Waals surface area contributed by atoms with Crippen LogP contribution in [0.25, 0.3) is 12.2 Å². The number of para-hydroxylation sites is 2. The number of rotatable bonds is 7. The second kappa shape index (κ2) is 13.8. The number of fused-ring (bicyclic) bond motifs is 2. The molecule has 0 fully saturated rings. The van der Waals surface area contributed by atoms with Gasteiger partial charge in [-0.15, -0.1) is 0 Å². The van der Waals surface area contributed by atoms with Gasteiger partial charge in [0.1, 0.15) is 7.05 Å². The Morgan fingerprint density at radius 1 is 0.667 bits per heavy atom. The predicted molar refractivity (Wildman–Crippen MR) is 158 cm³/mol. The number of aryl methyl sites for hydroxylation is 2. The Balaban J connectivity index is 0.00000152. The number of aromatic nitrogens is 2. The fraction of sp³-hybridized carbons (Fsp3) is 0.250. The summed E-state index contributed by atoms with van der Waals surface area (Å²) in [6, 6.07) is 26.5. The Labute approximate surface area is 224 Å². The SMILES string of the molecule is C.C.C.C[n+]1ccc(/C=C/c2cc[n+](CCCCN3c4ccccc4[Se]c4ccccc43)cc2)cc1. The van der Waals surface area contributed by atoms with Gasteiger partial charge in [-0.3, -0.25) is 0 Å². The van der Waals surface area contributed by atoms with Crippen LogP contribution in [0.3, 0.4) is 0 Å². The Morgan fingerprint density at radius 3 is 1.72 bits per heavy atom. The Hall–Kier alpha value is -3.20. The Morgan fingerprint density at radius 2 is 1.17 bits per heavy atom. The predicted octanol–water partition coefficient (Wildman–Crippen LogP) is 5.46. The number of unbranched alkanes of at least 4 members (excludes halogenated alkanes) is 1. The molecule has 0 saturated heterocycles. The molecule has 1 aliphatic rings. The maximum Gasteiger partial charge on any atom is 0.169 e. The van der Waals surface area contributed by atoms with Crippen LogP contribution in [0.2, 0.25) is 0 Å². The number of pyridine rings is 2. The zero-order chi connectivity index (χ0) is 22.5. The van der Waals surface area contributed by atoms with Crippen molar-refractivity contribution < 1.29 is 9.13 Å². The van der Waals surface area contributed by atoms with Crippen molar-refractivity contribution in [3.05, 3.63) is 109 Å². The first-order valence-electron chi connectivity index (χ1n) is 11.5. The van der Waals surface area contributed by atoms with Crippen LogP contribution in [0.15, 0.2) is 97.6 Å². The van der Waals surface area contributed by atoms with Gasteiger partial charge in [0.2, 0.25) is 0 Å². The first-order chi connectivity index (χ1) is 16.3. The fourth-order valence-corrected chi connectivity index (χ4v) is 6.43. The van der Waals surface area contributed by atoms with Gasteiger partial charge in [-0.2, -0.15) is 0 Å². The maximum atomic E-state index is 2.53. The van der Waals surface area contributed by atoms with Gasteiger partial charge in [-0.05, 0) is 5.56 Å². The molecule has 3 heterocycles. The van der Waals surface area contributed by atoms with Crippen molar-refractivity contribution in [2.75, 3.05) is 11.4 Å². The van der Waals surface area contributed by atoms with E-state index in [0.29, 0.717) is 15.0 Å². The molecule has 0 aliphatic carbocycles. The summed E-state index contributed by atoms with van der Waals surface area (Å²) in [5.41, 5.74) is 5.23. The molecule has 188 valence electrons. The normalized spacial score (nSPS) is 11.5. The van der Waals surface area contributed by atoms with Gasteiger partial charge in [-0.25, -0.2) is 4.57 Å². The molecule has 0 unspecified atom stereocenters. The van der Waals surface area contributed by atoms with Crippen LogP contribution in [0.1, 0.15) is 46.2 Å². The van der Waals surface area contributed by atoms with E-state index in [1.165, 1.54) is 31.4 Å². The molecule has 0 N–H and O–H groups in total. The van der Waals surface area contributed by atoms with Crippen molar-refractivity contribution in [3.8, 4) is 0 Å². The molecule has 0 atom stereocenters. The molecule has 4 heteroatoms. The molecule has 0 bridgehead atoms. The Kier molecular flexibility index (Phi) is 11.1. The van der Waals surface area contributed by atoms with Crippen molar-refractivity contribution in [2.45, 2.75) is 41.7 Å². The van der Waals surface area contributed by atoms with Crippen molar-refractivity contribution in [3.63, 3.8) is 0 Å². The topological polar surface area (TPSA) is 11.0 Å². The third-order valence-electron chi connectivity index (χ3n) is 5.97. The third kappa shape index (κ3) is 6.94. The molecule has 36 heavy (non-hydrogen) atoms. The summed E-state index contributed by atoms with van der Waals surface area (Å²) < 4.78 is 7.32. The fourth-order valence-electron chi connectivity index (χ4n) is 4.13. The third-order valence-corrected chi connectivity index (χ3v) is 8.34. The first-order valence-corrected chi connectivity index (χ1v) is 13.2. The molecular formula is C32H41N3Se+2. The van der Waals surface area contributed by atoms with Crippen molar-refractivity contribution in [2.24, 2.45) is 7.05 Å². The summed E-state index contributed by atoms with van der Waals surface area (Å²) in [7, 11) is 2.04. The van der Waals surface area contributed by atoms with Gasteiger partial charge in [-0.1, -0.05) is 28.4 Å². The van der Waals surface area contributed by atoms with Crippen molar-refractivity contribution in [1.29, 1.82) is 0 Å². The van der Waals surface area contributed by atoms with Gasteiger partial charge in [0.15, 0.2) is 12.4 Å². The summed E-state index contributed by atoms with van der Waals surface area (Å²) in [5, 5.41) is 0. The molecule has 0 radical (unpaired) electrons. The van der Waals surface area contributed by atoms with Gasteiger partial charge < -0.3 is 0 Å². The van der Waals surface area contributed by atoms with E-state index in [1.54, 1.807) is 0 Å². The molecule has 0 saturated carbocycles. The van der Waals surface area contributed by atoms with Gasteiger partial charge in [0.05, 0.1) is 0 Å². The second-order valence-electron chi connectivity index (χ2n) is 8.40. The molecule has 0 amide bonds. The van der Waals surface area contributed by atoms with Crippen molar-refractivity contribution in [1.82, 2.24) is 0 Å². The van der Waals surface area contributed by atoms with Gasteiger partial charge in [0, 0.05) is 12.1 Å². The molecule has 0 spiro atoms. The zero-order valence-electron chi connectivity index (χ0n) is 19.0. The summed E-state index contributed by atoms with van der Waals surface area (Å²) in [6.45, 7) is 2.10.